The van der Waals surface area contributed by atoms with Gasteiger partial charge in [-0.25, -0.2) is 9.97 Å². The molecule has 2 heterocycles. The van der Waals surface area contributed by atoms with E-state index < -0.39 is 11.7 Å². The van der Waals surface area contributed by atoms with Crippen molar-refractivity contribution in [3.63, 3.8) is 0 Å². The van der Waals surface area contributed by atoms with Crippen molar-refractivity contribution in [2.45, 2.75) is 23.9 Å². The monoisotopic (exact) mass is 563 g/mol. The van der Waals surface area contributed by atoms with E-state index in [0.717, 1.165) is 27.1 Å². The number of nitrogens with zero attached hydrogens (tertiary/aromatic N) is 2. The number of benzene rings is 3. The molecule has 0 aliphatic carbocycles. The number of rotatable bonds is 8. The largest absolute Gasteiger partial charge is 0.489 e. The Morgan fingerprint density at radius 1 is 0.923 bits per heavy atom. The van der Waals surface area contributed by atoms with Crippen molar-refractivity contribution in [3.8, 4) is 27.4 Å². The molecule has 198 valence electrons. The van der Waals surface area contributed by atoms with Crippen LogP contribution in [0.25, 0.3) is 21.7 Å². The van der Waals surface area contributed by atoms with E-state index in [2.05, 4.69) is 10.3 Å². The molecule has 0 fully saturated rings. The minimum atomic E-state index is -4.48. The maximum absolute atomic E-state index is 13.9. The van der Waals surface area contributed by atoms with Crippen LogP contribution in [0.1, 0.15) is 16.7 Å². The molecule has 0 saturated carbocycles. The lowest BCUT2D eigenvalue weighted by atomic mass is 9.98. The van der Waals surface area contributed by atoms with Gasteiger partial charge in [-0.1, -0.05) is 54.6 Å². The van der Waals surface area contributed by atoms with E-state index in [0.29, 0.717) is 34.4 Å². The average molecular weight is 564 g/mol. The Labute approximate surface area is 232 Å². The summed E-state index contributed by atoms with van der Waals surface area (Å²) < 4.78 is 48.5. The van der Waals surface area contributed by atoms with Crippen LogP contribution < -0.4 is 10.1 Å². The van der Waals surface area contributed by atoms with Crippen LogP contribution in [0.4, 0.5) is 24.8 Å². The molecule has 0 atom stereocenters. The number of aryl methyl sites for hydroxylation is 1. The first-order valence-electron chi connectivity index (χ1n) is 12.0. The summed E-state index contributed by atoms with van der Waals surface area (Å²) in [6.45, 7) is 2.29. The summed E-state index contributed by atoms with van der Waals surface area (Å²) in [5.41, 5.74) is 3.10. The van der Waals surface area contributed by atoms with E-state index in [1.165, 1.54) is 35.2 Å². The molecule has 0 bridgehead atoms. The van der Waals surface area contributed by atoms with Crippen molar-refractivity contribution >= 4 is 34.7 Å². The molecule has 2 aromatic heterocycles. The number of ether oxygens (including phenoxy) is 1. The van der Waals surface area contributed by atoms with Gasteiger partial charge in [0.15, 0.2) is 0 Å². The van der Waals surface area contributed by atoms with Crippen molar-refractivity contribution < 1.29 is 17.9 Å². The molecule has 0 amide bonds. The SMILES string of the molecule is CSc1cc(-c2ccccc2C(F)(F)F)c(-c2nc(Nc3cccc(OCc4ccccc4)c3)ncc2C)s1. The first kappa shape index (κ1) is 26.8. The smallest absolute Gasteiger partial charge is 0.417 e. The average Bonchev–Trinajstić information content (AvgIpc) is 3.38. The minimum Gasteiger partial charge on any atom is -0.489 e. The summed E-state index contributed by atoms with van der Waals surface area (Å²) in [4.78, 5) is 9.83. The second-order valence-electron chi connectivity index (χ2n) is 8.71. The molecule has 0 saturated heterocycles. The fourth-order valence-electron chi connectivity index (χ4n) is 4.08. The molecule has 3 aromatic carbocycles. The van der Waals surface area contributed by atoms with Gasteiger partial charge in [-0.15, -0.1) is 23.1 Å². The summed E-state index contributed by atoms with van der Waals surface area (Å²) in [6, 6.07) is 24.8. The first-order valence-corrected chi connectivity index (χ1v) is 14.1. The van der Waals surface area contributed by atoms with Crippen LogP contribution >= 0.6 is 23.1 Å². The topological polar surface area (TPSA) is 47.0 Å². The van der Waals surface area contributed by atoms with E-state index in [1.54, 1.807) is 18.3 Å². The molecule has 5 rings (SSSR count). The molecule has 9 heteroatoms. The lowest BCUT2D eigenvalue weighted by Gasteiger charge is -2.14. The van der Waals surface area contributed by atoms with Crippen molar-refractivity contribution in [1.29, 1.82) is 0 Å². The molecule has 0 radical (unpaired) electrons. The molecule has 0 unspecified atom stereocenters. The van der Waals surface area contributed by atoms with E-state index >= 15 is 0 Å². The molecule has 4 nitrogen and oxygen atoms in total. The lowest BCUT2D eigenvalue weighted by molar-refractivity contribution is -0.137. The molecule has 39 heavy (non-hydrogen) atoms. The molecule has 0 aliphatic rings. The fraction of sp³-hybridized carbons (Fsp3) is 0.133. The molecule has 0 spiro atoms. The number of aromatic nitrogens is 2. The maximum atomic E-state index is 13.9. The fourth-order valence-corrected chi connectivity index (χ4v) is 5.86. The highest BCUT2D eigenvalue weighted by Gasteiger charge is 2.34. The van der Waals surface area contributed by atoms with Crippen LogP contribution in [0.5, 0.6) is 5.75 Å². The first-order chi connectivity index (χ1) is 18.8. The minimum absolute atomic E-state index is 0.132. The zero-order valence-corrected chi connectivity index (χ0v) is 22.8. The maximum Gasteiger partial charge on any atom is 0.417 e. The third-order valence-electron chi connectivity index (χ3n) is 5.96. The normalized spacial score (nSPS) is 11.4. The van der Waals surface area contributed by atoms with Crippen LogP contribution in [-0.2, 0) is 12.8 Å². The van der Waals surface area contributed by atoms with Crippen LogP contribution in [0.2, 0.25) is 0 Å². The zero-order chi connectivity index (χ0) is 27.4. The molecular formula is C30H24F3N3OS2. The quantitative estimate of drug-likeness (QED) is 0.191. The summed E-state index contributed by atoms with van der Waals surface area (Å²) in [5.74, 6) is 1.02. The number of hydrogen-bond donors (Lipinski definition) is 1. The summed E-state index contributed by atoms with van der Waals surface area (Å²) >= 11 is 2.91. The van der Waals surface area contributed by atoms with E-state index in [9.17, 15) is 13.2 Å². The highest BCUT2D eigenvalue weighted by atomic mass is 32.2. The number of nitrogens with one attached hydrogen (secondary N) is 1. The van der Waals surface area contributed by atoms with Gasteiger partial charge in [0.05, 0.1) is 20.3 Å². The van der Waals surface area contributed by atoms with Crippen molar-refractivity contribution in [1.82, 2.24) is 9.97 Å². The summed E-state index contributed by atoms with van der Waals surface area (Å²) in [6.07, 6.45) is -0.892. The van der Waals surface area contributed by atoms with Gasteiger partial charge in [0.2, 0.25) is 5.95 Å². The van der Waals surface area contributed by atoms with Gasteiger partial charge in [0, 0.05) is 23.5 Å². The Morgan fingerprint density at radius 2 is 1.69 bits per heavy atom. The molecule has 1 N–H and O–H groups in total. The lowest BCUT2D eigenvalue weighted by Crippen LogP contribution is -2.07. The Bertz CT molecular complexity index is 1590. The predicted octanol–water partition coefficient (Wildman–Crippen LogP) is 9.24. The third-order valence-corrected chi connectivity index (χ3v) is 8.17. The van der Waals surface area contributed by atoms with Gasteiger partial charge in [-0.05, 0) is 54.1 Å². The second-order valence-corrected chi connectivity index (χ2v) is 10.9. The highest BCUT2D eigenvalue weighted by Crippen LogP contribution is 2.46. The standard InChI is InChI=1S/C30H24F3N3OS2/c1-19-17-34-29(35-21-11-8-12-22(15-21)37-18-20-9-4-3-5-10-20)36-27(19)28-24(16-26(38-2)39-28)23-13-6-7-14-25(23)30(31,32)33/h3-17H,18H2,1-2H3,(H,34,35,36). The van der Waals surface area contributed by atoms with E-state index in [-0.39, 0.29) is 5.56 Å². The van der Waals surface area contributed by atoms with Crippen LogP contribution in [-0.4, -0.2) is 16.2 Å². The number of halogens is 3. The number of hydrogen-bond acceptors (Lipinski definition) is 6. The van der Waals surface area contributed by atoms with Crippen molar-refractivity contribution in [3.05, 3.63) is 108 Å². The summed E-state index contributed by atoms with van der Waals surface area (Å²) in [5, 5.41) is 3.21. The van der Waals surface area contributed by atoms with Crippen molar-refractivity contribution in [2.24, 2.45) is 0 Å². The van der Waals surface area contributed by atoms with Gasteiger partial charge in [0.1, 0.15) is 12.4 Å². The van der Waals surface area contributed by atoms with Crippen LogP contribution in [0, 0.1) is 6.92 Å². The Morgan fingerprint density at radius 3 is 2.46 bits per heavy atom. The number of thioether (sulfide) groups is 1. The van der Waals surface area contributed by atoms with Gasteiger partial charge < -0.3 is 10.1 Å². The van der Waals surface area contributed by atoms with Gasteiger partial charge in [-0.2, -0.15) is 13.2 Å². The number of alkyl halides is 3. The van der Waals surface area contributed by atoms with E-state index in [4.69, 9.17) is 9.72 Å². The number of anilines is 2. The molecule has 5 aromatic rings. The number of thiophene rings is 1. The zero-order valence-electron chi connectivity index (χ0n) is 21.1. The third kappa shape index (κ3) is 6.26. The predicted molar refractivity (Wildman–Crippen MR) is 153 cm³/mol. The van der Waals surface area contributed by atoms with Gasteiger partial charge >= 0.3 is 6.18 Å². The molecular weight excluding hydrogens is 539 g/mol. The van der Waals surface area contributed by atoms with Crippen LogP contribution in [0.15, 0.2) is 95.3 Å². The highest BCUT2D eigenvalue weighted by molar-refractivity contribution is 8.00. The van der Waals surface area contributed by atoms with E-state index in [1.807, 2.05) is 67.8 Å². The van der Waals surface area contributed by atoms with Crippen LogP contribution in [0.3, 0.4) is 0 Å². The summed E-state index contributed by atoms with van der Waals surface area (Å²) in [7, 11) is 0. The Hall–Kier alpha value is -3.82. The van der Waals surface area contributed by atoms with Gasteiger partial charge in [-0.3, -0.25) is 0 Å². The van der Waals surface area contributed by atoms with Crippen molar-refractivity contribution in [2.75, 3.05) is 11.6 Å². The molecule has 0 aliphatic heterocycles. The Balaban J connectivity index is 1.46. The second kappa shape index (κ2) is 11.5. The Kier molecular flexibility index (Phi) is 7.90. The van der Waals surface area contributed by atoms with Gasteiger partial charge in [0.25, 0.3) is 0 Å².